The van der Waals surface area contributed by atoms with Gasteiger partial charge in [-0.3, -0.25) is 9.59 Å². The van der Waals surface area contributed by atoms with E-state index in [1.165, 1.54) is 0 Å². The van der Waals surface area contributed by atoms with E-state index in [0.717, 1.165) is 19.6 Å². The summed E-state index contributed by atoms with van der Waals surface area (Å²) in [6.07, 6.45) is 0. The predicted octanol–water partition coefficient (Wildman–Crippen LogP) is 1.19. The number of carbonyl (C=O) groups is 2. The fraction of sp³-hybridized carbons (Fsp3) is 0.846. The monoisotopic (exact) mass is 258 g/mol. The normalized spacial score (nSPS) is 13.4. The number of amides is 1. The van der Waals surface area contributed by atoms with E-state index in [1.807, 2.05) is 0 Å². The Labute approximate surface area is 110 Å². The second-order valence-electron chi connectivity index (χ2n) is 5.46. The van der Waals surface area contributed by atoms with Crippen molar-refractivity contribution in [3.8, 4) is 0 Å². The molecule has 0 heterocycles. The summed E-state index contributed by atoms with van der Waals surface area (Å²) >= 11 is 0. The number of hydrogen-bond donors (Lipinski definition) is 2. The molecular formula is C13H26N2O3. The highest BCUT2D eigenvalue weighted by atomic mass is 16.4. The van der Waals surface area contributed by atoms with Gasteiger partial charge in [-0.05, 0) is 18.5 Å². The number of carbonyl (C=O) groups excluding carboxylic acids is 1. The second kappa shape index (κ2) is 7.36. The highest BCUT2D eigenvalue weighted by Gasteiger charge is 2.37. The van der Waals surface area contributed by atoms with Crippen LogP contribution in [0.3, 0.4) is 0 Å². The van der Waals surface area contributed by atoms with Crippen LogP contribution in [-0.4, -0.2) is 48.1 Å². The molecule has 1 atom stereocenters. The zero-order valence-electron chi connectivity index (χ0n) is 12.1. The maximum atomic E-state index is 11.9. The van der Waals surface area contributed by atoms with Gasteiger partial charge in [-0.25, -0.2) is 0 Å². The number of rotatable bonds is 7. The Bertz CT molecular complexity index is 280. The molecule has 0 aliphatic rings. The van der Waals surface area contributed by atoms with Crippen LogP contribution in [0.4, 0.5) is 0 Å². The summed E-state index contributed by atoms with van der Waals surface area (Å²) in [5.74, 6) is -2.47. The third kappa shape index (κ3) is 5.49. The van der Waals surface area contributed by atoms with E-state index in [4.69, 9.17) is 5.11 Å². The van der Waals surface area contributed by atoms with Gasteiger partial charge in [0.05, 0.1) is 0 Å². The first-order valence-corrected chi connectivity index (χ1v) is 6.46. The van der Waals surface area contributed by atoms with Crippen LogP contribution in [-0.2, 0) is 9.59 Å². The lowest BCUT2D eigenvalue weighted by Gasteiger charge is -2.26. The van der Waals surface area contributed by atoms with Gasteiger partial charge < -0.3 is 15.3 Å². The molecule has 5 nitrogen and oxygen atoms in total. The zero-order valence-corrected chi connectivity index (χ0v) is 12.1. The molecule has 0 fully saturated rings. The Hall–Kier alpha value is -1.10. The first kappa shape index (κ1) is 16.9. The van der Waals surface area contributed by atoms with Crippen molar-refractivity contribution < 1.29 is 14.7 Å². The zero-order chi connectivity index (χ0) is 14.3. The van der Waals surface area contributed by atoms with E-state index < -0.39 is 23.2 Å². The maximum absolute atomic E-state index is 11.9. The van der Waals surface area contributed by atoms with Gasteiger partial charge in [0.15, 0.2) is 0 Å². The number of aliphatic carboxylic acids is 1. The molecule has 5 heteroatoms. The Kier molecular flexibility index (Phi) is 6.91. The molecule has 0 rings (SSSR count). The Balaban J connectivity index is 4.34. The quantitative estimate of drug-likeness (QED) is 0.673. The SMILES string of the molecule is CCN(CC)CCNC(=O)C(C(=O)O)C(C)(C)C. The van der Waals surface area contributed by atoms with Crippen molar-refractivity contribution >= 4 is 11.9 Å². The molecule has 0 bridgehead atoms. The number of nitrogens with zero attached hydrogens (tertiary/aromatic N) is 1. The minimum atomic E-state index is -1.07. The fourth-order valence-electron chi connectivity index (χ4n) is 1.85. The summed E-state index contributed by atoms with van der Waals surface area (Å²) in [4.78, 5) is 25.2. The van der Waals surface area contributed by atoms with Crippen LogP contribution >= 0.6 is 0 Å². The van der Waals surface area contributed by atoms with Crippen LogP contribution in [0.15, 0.2) is 0 Å². The molecular weight excluding hydrogens is 232 g/mol. The summed E-state index contributed by atoms with van der Waals surface area (Å²) in [5, 5.41) is 11.8. The average molecular weight is 258 g/mol. The van der Waals surface area contributed by atoms with Crippen LogP contribution in [0.2, 0.25) is 0 Å². The number of carboxylic acid groups (broad SMARTS) is 1. The van der Waals surface area contributed by atoms with Crippen molar-refractivity contribution in [2.45, 2.75) is 34.6 Å². The topological polar surface area (TPSA) is 69.6 Å². The predicted molar refractivity (Wildman–Crippen MR) is 71.4 cm³/mol. The van der Waals surface area contributed by atoms with Gasteiger partial charge in [0.25, 0.3) is 0 Å². The molecule has 0 aliphatic heterocycles. The smallest absolute Gasteiger partial charge is 0.316 e. The minimum Gasteiger partial charge on any atom is -0.481 e. The summed E-state index contributed by atoms with van der Waals surface area (Å²) in [6, 6.07) is 0. The van der Waals surface area contributed by atoms with E-state index in [0.29, 0.717) is 6.54 Å². The molecule has 106 valence electrons. The third-order valence-corrected chi connectivity index (χ3v) is 3.00. The molecule has 1 unspecified atom stereocenters. The van der Waals surface area contributed by atoms with Gasteiger partial charge >= 0.3 is 5.97 Å². The van der Waals surface area contributed by atoms with E-state index in [2.05, 4.69) is 24.1 Å². The molecule has 0 spiro atoms. The van der Waals surface area contributed by atoms with E-state index >= 15 is 0 Å². The van der Waals surface area contributed by atoms with Crippen LogP contribution in [0.5, 0.6) is 0 Å². The third-order valence-electron chi connectivity index (χ3n) is 3.00. The van der Waals surface area contributed by atoms with Crippen molar-refractivity contribution in [1.29, 1.82) is 0 Å². The standard InChI is InChI=1S/C13H26N2O3/c1-6-15(7-2)9-8-14-11(16)10(12(17)18)13(3,4)5/h10H,6-9H2,1-5H3,(H,14,16)(H,17,18). The van der Waals surface area contributed by atoms with Gasteiger partial charge in [-0.15, -0.1) is 0 Å². The van der Waals surface area contributed by atoms with Crippen molar-refractivity contribution in [2.75, 3.05) is 26.2 Å². The van der Waals surface area contributed by atoms with Gasteiger partial charge in [-0.1, -0.05) is 34.6 Å². The number of nitrogens with one attached hydrogen (secondary N) is 1. The molecule has 0 saturated carbocycles. The summed E-state index contributed by atoms with van der Waals surface area (Å²) in [7, 11) is 0. The highest BCUT2D eigenvalue weighted by molar-refractivity contribution is 5.97. The molecule has 0 aromatic heterocycles. The van der Waals surface area contributed by atoms with Crippen LogP contribution in [0.25, 0.3) is 0 Å². The number of carboxylic acids is 1. The van der Waals surface area contributed by atoms with Gasteiger partial charge in [0.1, 0.15) is 5.92 Å². The average Bonchev–Trinajstić information content (AvgIpc) is 2.21. The molecule has 0 aromatic carbocycles. The van der Waals surface area contributed by atoms with Crippen molar-refractivity contribution in [1.82, 2.24) is 10.2 Å². The highest BCUT2D eigenvalue weighted by Crippen LogP contribution is 2.26. The van der Waals surface area contributed by atoms with Crippen molar-refractivity contribution in [2.24, 2.45) is 11.3 Å². The Morgan fingerprint density at radius 1 is 1.22 bits per heavy atom. The first-order chi connectivity index (χ1) is 8.23. The molecule has 0 aliphatic carbocycles. The number of likely N-dealkylation sites (N-methyl/N-ethyl adjacent to an activating group) is 1. The summed E-state index contributed by atoms with van der Waals surface area (Å²) in [5.41, 5.74) is -0.578. The summed E-state index contributed by atoms with van der Waals surface area (Å²) < 4.78 is 0. The van der Waals surface area contributed by atoms with E-state index in [-0.39, 0.29) is 0 Å². The van der Waals surface area contributed by atoms with Crippen LogP contribution < -0.4 is 5.32 Å². The summed E-state index contributed by atoms with van der Waals surface area (Å²) in [6.45, 7) is 12.5. The van der Waals surface area contributed by atoms with Crippen LogP contribution in [0, 0.1) is 11.3 Å². The van der Waals surface area contributed by atoms with Gasteiger partial charge in [0.2, 0.25) is 5.91 Å². The number of hydrogen-bond acceptors (Lipinski definition) is 3. The van der Waals surface area contributed by atoms with Crippen molar-refractivity contribution in [3.63, 3.8) is 0 Å². The fourth-order valence-corrected chi connectivity index (χ4v) is 1.85. The van der Waals surface area contributed by atoms with Gasteiger partial charge in [0, 0.05) is 13.1 Å². The van der Waals surface area contributed by atoms with Gasteiger partial charge in [-0.2, -0.15) is 0 Å². The largest absolute Gasteiger partial charge is 0.481 e. The molecule has 0 radical (unpaired) electrons. The van der Waals surface area contributed by atoms with E-state index in [9.17, 15) is 9.59 Å². The Morgan fingerprint density at radius 3 is 2.06 bits per heavy atom. The second-order valence-corrected chi connectivity index (χ2v) is 5.46. The minimum absolute atomic E-state index is 0.401. The van der Waals surface area contributed by atoms with Crippen LogP contribution in [0.1, 0.15) is 34.6 Å². The maximum Gasteiger partial charge on any atom is 0.316 e. The lowest BCUT2D eigenvalue weighted by atomic mass is 9.80. The van der Waals surface area contributed by atoms with Crippen molar-refractivity contribution in [3.05, 3.63) is 0 Å². The molecule has 0 saturated heterocycles. The molecule has 1 amide bonds. The molecule has 18 heavy (non-hydrogen) atoms. The molecule has 2 N–H and O–H groups in total. The lowest BCUT2D eigenvalue weighted by Crippen LogP contribution is -2.44. The lowest BCUT2D eigenvalue weighted by molar-refractivity contribution is -0.151. The Morgan fingerprint density at radius 2 is 1.72 bits per heavy atom. The van der Waals surface area contributed by atoms with E-state index in [1.54, 1.807) is 20.8 Å². The first-order valence-electron chi connectivity index (χ1n) is 6.46. The molecule has 0 aromatic rings.